The van der Waals surface area contributed by atoms with E-state index in [1.54, 1.807) is 16.7 Å². The molecule has 0 radical (unpaired) electrons. The summed E-state index contributed by atoms with van der Waals surface area (Å²) in [6.45, 7) is 7.32. The quantitative estimate of drug-likeness (QED) is 0.326. The molecule has 1 unspecified atom stereocenters. The van der Waals surface area contributed by atoms with Crippen molar-refractivity contribution < 1.29 is 24.2 Å². The first-order valence-electron chi connectivity index (χ1n) is 13.3. The number of likely N-dealkylation sites (tertiary alicyclic amines) is 1. The summed E-state index contributed by atoms with van der Waals surface area (Å²) in [7, 11) is 0. The van der Waals surface area contributed by atoms with E-state index in [-0.39, 0.29) is 35.6 Å². The maximum absolute atomic E-state index is 14.2. The lowest BCUT2D eigenvalue weighted by Gasteiger charge is -2.39. The Bertz CT molecular complexity index is 874. The molecule has 0 saturated carbocycles. The Labute approximate surface area is 213 Å². The van der Waals surface area contributed by atoms with Crippen molar-refractivity contribution in [2.75, 3.05) is 26.3 Å². The molecule has 4 aliphatic rings. The zero-order chi connectivity index (χ0) is 25.2. The molecular weight excluding hydrogens is 464 g/mol. The fourth-order valence-corrected chi connectivity index (χ4v) is 8.12. The molecule has 0 aromatic carbocycles. The van der Waals surface area contributed by atoms with E-state index in [1.807, 2.05) is 30.9 Å². The van der Waals surface area contributed by atoms with Crippen molar-refractivity contribution in [3.63, 3.8) is 0 Å². The number of allylic oxidation sites excluding steroid dienone is 1. The Morgan fingerprint density at radius 3 is 2.69 bits per heavy atom. The first-order valence-corrected chi connectivity index (χ1v) is 14.2. The van der Waals surface area contributed by atoms with Gasteiger partial charge < -0.3 is 19.6 Å². The van der Waals surface area contributed by atoms with E-state index in [1.165, 1.54) is 0 Å². The molecule has 0 bridgehead atoms. The van der Waals surface area contributed by atoms with Gasteiger partial charge in [-0.2, -0.15) is 0 Å². The van der Waals surface area contributed by atoms with Crippen molar-refractivity contribution in [3.8, 4) is 0 Å². The summed E-state index contributed by atoms with van der Waals surface area (Å²) < 4.78 is 4.80. The summed E-state index contributed by atoms with van der Waals surface area (Å²) in [5, 5.41) is 10.1. The number of unbranched alkanes of at least 4 members (excludes halogenated alkanes) is 2. The highest BCUT2D eigenvalue weighted by Crippen LogP contribution is 2.61. The average Bonchev–Trinajstić information content (AvgIpc) is 3.21. The van der Waals surface area contributed by atoms with Crippen molar-refractivity contribution >= 4 is 29.5 Å². The molecular formula is C27H40N2O5S. The minimum atomic E-state index is -0.858. The minimum absolute atomic E-state index is 0.0370. The number of fused-ring (bicyclic) bond motifs is 2. The highest BCUT2D eigenvalue weighted by molar-refractivity contribution is 8.02. The number of carbonyl (C=O) groups excluding carboxylic acids is 3. The number of aliphatic hydroxyl groups is 1. The van der Waals surface area contributed by atoms with Crippen molar-refractivity contribution in [1.29, 1.82) is 0 Å². The van der Waals surface area contributed by atoms with Crippen LogP contribution in [-0.2, 0) is 19.1 Å². The molecule has 1 N–H and O–H groups in total. The van der Waals surface area contributed by atoms with Crippen LogP contribution in [-0.4, -0.2) is 81.1 Å². The van der Waals surface area contributed by atoms with Crippen molar-refractivity contribution in [2.24, 2.45) is 17.8 Å². The van der Waals surface area contributed by atoms with Gasteiger partial charge in [-0.1, -0.05) is 57.9 Å². The van der Waals surface area contributed by atoms with Crippen molar-refractivity contribution in [2.45, 2.75) is 81.4 Å². The van der Waals surface area contributed by atoms with E-state index in [0.29, 0.717) is 19.7 Å². The van der Waals surface area contributed by atoms with Crippen LogP contribution in [0.5, 0.6) is 0 Å². The van der Waals surface area contributed by atoms with Gasteiger partial charge >= 0.3 is 5.97 Å². The number of hydrogen-bond acceptors (Lipinski definition) is 6. The first-order chi connectivity index (χ1) is 16.9. The van der Waals surface area contributed by atoms with Gasteiger partial charge in [0.25, 0.3) is 0 Å². The molecule has 2 amide bonds. The Morgan fingerprint density at radius 2 is 1.97 bits per heavy atom. The molecule has 6 atom stereocenters. The average molecular weight is 505 g/mol. The predicted octanol–water partition coefficient (Wildman–Crippen LogP) is 3.17. The molecule has 2 fully saturated rings. The molecule has 8 heteroatoms. The molecule has 1 spiro atoms. The van der Waals surface area contributed by atoms with Crippen molar-refractivity contribution in [1.82, 2.24) is 9.80 Å². The topological polar surface area (TPSA) is 87.2 Å². The number of hydrogen-bond donors (Lipinski definition) is 1. The molecule has 4 aliphatic heterocycles. The van der Waals surface area contributed by atoms with Crippen LogP contribution in [0.1, 0.15) is 59.3 Å². The van der Waals surface area contributed by atoms with Crippen LogP contribution < -0.4 is 0 Å². The van der Waals surface area contributed by atoms with Gasteiger partial charge in [0, 0.05) is 18.3 Å². The number of thioether (sulfide) groups is 1. The fraction of sp³-hybridized carbons (Fsp3) is 0.741. The molecule has 0 aliphatic carbocycles. The molecule has 7 nitrogen and oxygen atoms in total. The van der Waals surface area contributed by atoms with Crippen LogP contribution in [0.2, 0.25) is 0 Å². The van der Waals surface area contributed by atoms with Crippen LogP contribution in [0.15, 0.2) is 24.3 Å². The van der Waals surface area contributed by atoms with Gasteiger partial charge in [0.15, 0.2) is 0 Å². The van der Waals surface area contributed by atoms with Crippen LogP contribution in [0.3, 0.4) is 0 Å². The van der Waals surface area contributed by atoms with E-state index in [2.05, 4.69) is 19.1 Å². The first kappa shape index (κ1) is 26.3. The molecule has 4 rings (SSSR count). The van der Waals surface area contributed by atoms with E-state index in [9.17, 15) is 19.5 Å². The lowest BCUT2D eigenvalue weighted by Crippen LogP contribution is -2.57. The Kier molecular flexibility index (Phi) is 8.31. The molecule has 0 aromatic heterocycles. The third-order valence-electron chi connectivity index (χ3n) is 7.97. The summed E-state index contributed by atoms with van der Waals surface area (Å²) in [4.78, 5) is 45.2. The predicted molar refractivity (Wildman–Crippen MR) is 137 cm³/mol. The van der Waals surface area contributed by atoms with Gasteiger partial charge in [-0.15, -0.1) is 11.8 Å². The SMILES string of the molecule is CCCCCN1CC=C[C@]23S[C@H]4/C=C\CCCCOC(=O)[C@H]4[C@H]2C(=O)N([C@@H](CO)C(C)C)C3C1=O. The zero-order valence-electron chi connectivity index (χ0n) is 21.2. The van der Waals surface area contributed by atoms with E-state index < -0.39 is 28.7 Å². The highest BCUT2D eigenvalue weighted by Gasteiger charge is 2.71. The van der Waals surface area contributed by atoms with Gasteiger partial charge in [-0.25, -0.2) is 0 Å². The number of carbonyl (C=O) groups is 3. The number of cyclic esters (lactones) is 1. The summed E-state index contributed by atoms with van der Waals surface area (Å²) in [6, 6.07) is -1.24. The zero-order valence-corrected chi connectivity index (χ0v) is 22.0. The molecule has 194 valence electrons. The summed E-state index contributed by atoms with van der Waals surface area (Å²) in [5.41, 5.74) is 0. The van der Waals surface area contributed by atoms with E-state index in [0.717, 1.165) is 38.5 Å². The summed E-state index contributed by atoms with van der Waals surface area (Å²) >= 11 is 1.57. The number of ether oxygens (including phenoxy) is 1. The van der Waals surface area contributed by atoms with Gasteiger partial charge in [-0.05, 0) is 31.6 Å². The second-order valence-corrected chi connectivity index (χ2v) is 12.1. The molecule has 4 heterocycles. The second kappa shape index (κ2) is 11.1. The summed E-state index contributed by atoms with van der Waals surface area (Å²) in [5.74, 6) is -2.01. The smallest absolute Gasteiger partial charge is 0.311 e. The monoisotopic (exact) mass is 504 g/mol. The lowest BCUT2D eigenvalue weighted by atomic mass is 9.78. The highest BCUT2D eigenvalue weighted by atomic mass is 32.2. The Morgan fingerprint density at radius 1 is 1.17 bits per heavy atom. The van der Waals surface area contributed by atoms with Crippen LogP contribution in [0, 0.1) is 17.8 Å². The lowest BCUT2D eigenvalue weighted by molar-refractivity contribution is -0.154. The van der Waals surface area contributed by atoms with Crippen molar-refractivity contribution in [3.05, 3.63) is 24.3 Å². The van der Waals surface area contributed by atoms with Crippen LogP contribution in [0.25, 0.3) is 0 Å². The third kappa shape index (κ3) is 4.68. The fourth-order valence-electron chi connectivity index (χ4n) is 6.13. The molecule has 2 saturated heterocycles. The van der Waals surface area contributed by atoms with E-state index in [4.69, 9.17) is 4.74 Å². The number of esters is 1. The molecule has 0 aromatic rings. The Hall–Kier alpha value is -1.80. The third-order valence-corrected chi connectivity index (χ3v) is 9.71. The van der Waals surface area contributed by atoms with Crippen LogP contribution >= 0.6 is 11.8 Å². The van der Waals surface area contributed by atoms with Gasteiger partial charge in [-0.3, -0.25) is 14.4 Å². The number of amides is 2. The summed E-state index contributed by atoms with van der Waals surface area (Å²) in [6.07, 6.45) is 13.9. The molecule has 35 heavy (non-hydrogen) atoms. The standard InChI is InChI=1S/C27H40N2O5S/c1-4-5-9-14-28-15-11-13-27-22(21-20(35-27)12-8-6-7-10-16-34-26(21)33)24(31)29(23(27)25(28)32)19(17-30)18(2)3/h8,11-13,18-23,30H,4-7,9-10,14-17H2,1-3H3/b12-8-/t19-,20-,21+,22-,23?,27-/m0/s1. The Balaban J connectivity index is 1.80. The van der Waals surface area contributed by atoms with Gasteiger partial charge in [0.05, 0.1) is 35.8 Å². The maximum Gasteiger partial charge on any atom is 0.311 e. The normalized spacial score (nSPS) is 34.8. The maximum atomic E-state index is 14.2. The van der Waals surface area contributed by atoms with Gasteiger partial charge in [0.2, 0.25) is 11.8 Å². The number of aliphatic hydroxyl groups excluding tert-OH is 1. The largest absolute Gasteiger partial charge is 0.465 e. The van der Waals surface area contributed by atoms with Crippen LogP contribution in [0.4, 0.5) is 0 Å². The minimum Gasteiger partial charge on any atom is -0.465 e. The van der Waals surface area contributed by atoms with E-state index >= 15 is 0 Å². The second-order valence-electron chi connectivity index (χ2n) is 10.6. The number of rotatable bonds is 7. The number of nitrogens with zero attached hydrogens (tertiary/aromatic N) is 2. The van der Waals surface area contributed by atoms with Gasteiger partial charge in [0.1, 0.15) is 6.04 Å².